The van der Waals surface area contributed by atoms with E-state index < -0.39 is 11.6 Å². The number of thiazole rings is 1. The van der Waals surface area contributed by atoms with Crippen molar-refractivity contribution in [1.82, 2.24) is 15.6 Å². The molecule has 5 nitrogen and oxygen atoms in total. The lowest BCUT2D eigenvalue weighted by atomic mass is 10.2. The van der Waals surface area contributed by atoms with E-state index in [1.165, 1.54) is 23.1 Å². The van der Waals surface area contributed by atoms with E-state index in [1.54, 1.807) is 23.3 Å². The third-order valence-electron chi connectivity index (χ3n) is 4.42. The molecule has 2 aromatic rings. The summed E-state index contributed by atoms with van der Waals surface area (Å²) < 4.78 is 27.9. The van der Waals surface area contributed by atoms with Crippen LogP contribution in [0.1, 0.15) is 22.0 Å². The number of benzene rings is 1. The first-order valence-corrected chi connectivity index (χ1v) is 9.38. The zero-order valence-electron chi connectivity index (χ0n) is 15.1. The lowest BCUT2D eigenvalue weighted by molar-refractivity contribution is 0.576. The van der Waals surface area contributed by atoms with Gasteiger partial charge in [-0.2, -0.15) is 0 Å². The van der Waals surface area contributed by atoms with Crippen LogP contribution in [-0.2, 0) is 6.54 Å². The number of hydrogen-bond donors (Lipinski definition) is 2. The Hall–Kier alpha value is -2.22. The second-order valence-electron chi connectivity index (χ2n) is 6.31. The highest BCUT2D eigenvalue weighted by Gasteiger charge is 2.27. The van der Waals surface area contributed by atoms with Gasteiger partial charge in [0.25, 0.3) is 0 Å². The van der Waals surface area contributed by atoms with Gasteiger partial charge in [-0.05, 0) is 32.4 Å². The number of anilines is 1. The van der Waals surface area contributed by atoms with Gasteiger partial charge in [-0.1, -0.05) is 6.07 Å². The van der Waals surface area contributed by atoms with Crippen LogP contribution in [-0.4, -0.2) is 37.1 Å². The Bertz CT molecular complexity index is 785. The summed E-state index contributed by atoms with van der Waals surface area (Å²) in [7, 11) is 1.71. The van der Waals surface area contributed by atoms with Gasteiger partial charge in [0.1, 0.15) is 17.3 Å². The molecular weight excluding hydrogens is 356 g/mol. The summed E-state index contributed by atoms with van der Waals surface area (Å²) >= 11 is 1.66. The van der Waals surface area contributed by atoms with E-state index in [0.717, 1.165) is 17.1 Å². The summed E-state index contributed by atoms with van der Waals surface area (Å²) in [4.78, 5) is 11.6. The Balaban J connectivity index is 1.58. The largest absolute Gasteiger partial charge is 0.365 e. The maximum absolute atomic E-state index is 14.0. The number of nitrogens with one attached hydrogen (secondary N) is 2. The predicted octanol–water partition coefficient (Wildman–Crippen LogP) is 2.98. The first kappa shape index (κ1) is 18.6. The monoisotopic (exact) mass is 379 g/mol. The number of aryl methyl sites for hydroxylation is 2. The molecule has 0 spiro atoms. The van der Waals surface area contributed by atoms with Gasteiger partial charge in [0.2, 0.25) is 0 Å². The third-order valence-corrected chi connectivity index (χ3v) is 5.50. The number of para-hydroxylation sites is 1. The molecule has 1 aromatic carbocycles. The van der Waals surface area contributed by atoms with Crippen molar-refractivity contribution >= 4 is 23.0 Å². The Morgan fingerprint density at radius 3 is 2.69 bits per heavy atom. The highest BCUT2D eigenvalue weighted by atomic mass is 32.1. The van der Waals surface area contributed by atoms with Gasteiger partial charge in [-0.15, -0.1) is 11.3 Å². The number of halogens is 2. The molecule has 1 atom stereocenters. The summed E-state index contributed by atoms with van der Waals surface area (Å²) in [6.07, 6.45) is 0.785. The molecule has 1 aliphatic heterocycles. The fourth-order valence-corrected chi connectivity index (χ4v) is 4.04. The minimum absolute atomic E-state index is 0.0514. The standard InChI is InChI=1S/C18H23F2N5S/c1-11-16(26-12(2)23-11)9-22-18(21-3)24-13-7-8-25(10-13)17-14(19)5-4-6-15(17)20/h4-6,13H,7-10H2,1-3H3,(H2,21,22,24). The van der Waals surface area contributed by atoms with Gasteiger partial charge in [0.15, 0.2) is 5.96 Å². The van der Waals surface area contributed by atoms with E-state index in [9.17, 15) is 8.78 Å². The molecule has 0 aliphatic carbocycles. The van der Waals surface area contributed by atoms with Crippen LogP contribution in [0, 0.1) is 25.5 Å². The number of guanidine groups is 1. The fourth-order valence-electron chi connectivity index (χ4n) is 3.16. The number of hydrogen-bond acceptors (Lipinski definition) is 4. The summed E-state index contributed by atoms with van der Waals surface area (Å²) in [6.45, 7) is 5.75. The molecule has 0 radical (unpaired) electrons. The first-order chi connectivity index (χ1) is 12.5. The third kappa shape index (κ3) is 4.12. The number of aliphatic imine (C=N–C) groups is 1. The SMILES string of the molecule is CN=C(NCc1sc(C)nc1C)NC1CCN(c2c(F)cccc2F)C1. The van der Waals surface area contributed by atoms with Gasteiger partial charge in [-0.25, -0.2) is 13.8 Å². The summed E-state index contributed by atoms with van der Waals surface area (Å²) in [6, 6.07) is 4.04. The average molecular weight is 379 g/mol. The highest BCUT2D eigenvalue weighted by Crippen LogP contribution is 2.26. The van der Waals surface area contributed by atoms with Crippen molar-refractivity contribution in [1.29, 1.82) is 0 Å². The van der Waals surface area contributed by atoms with E-state index in [1.807, 2.05) is 13.8 Å². The summed E-state index contributed by atoms with van der Waals surface area (Å²) in [5.74, 6) is -0.371. The molecule has 0 amide bonds. The number of rotatable bonds is 4. The molecule has 1 saturated heterocycles. The van der Waals surface area contributed by atoms with Crippen molar-refractivity contribution in [3.8, 4) is 0 Å². The molecular formula is C18H23F2N5S. The fraction of sp³-hybridized carbons (Fsp3) is 0.444. The van der Waals surface area contributed by atoms with Crippen LogP contribution in [0.25, 0.3) is 0 Å². The minimum Gasteiger partial charge on any atom is -0.365 e. The zero-order valence-corrected chi connectivity index (χ0v) is 16.0. The van der Waals surface area contributed by atoms with E-state index in [0.29, 0.717) is 25.6 Å². The Morgan fingerprint density at radius 1 is 1.35 bits per heavy atom. The van der Waals surface area contributed by atoms with Crippen LogP contribution < -0.4 is 15.5 Å². The molecule has 26 heavy (non-hydrogen) atoms. The Labute approximate surface area is 156 Å². The van der Waals surface area contributed by atoms with Crippen molar-refractivity contribution in [3.63, 3.8) is 0 Å². The first-order valence-electron chi connectivity index (χ1n) is 8.57. The molecule has 0 bridgehead atoms. The molecule has 1 aliphatic rings. The molecule has 2 heterocycles. The minimum atomic E-state index is -0.524. The molecule has 1 unspecified atom stereocenters. The van der Waals surface area contributed by atoms with Gasteiger partial charge in [0.05, 0.1) is 17.2 Å². The number of aromatic nitrogens is 1. The van der Waals surface area contributed by atoms with Crippen molar-refractivity contribution < 1.29 is 8.78 Å². The highest BCUT2D eigenvalue weighted by molar-refractivity contribution is 7.11. The maximum Gasteiger partial charge on any atom is 0.191 e. The smallest absolute Gasteiger partial charge is 0.191 e. The van der Waals surface area contributed by atoms with Crippen LogP contribution in [0.2, 0.25) is 0 Å². The van der Waals surface area contributed by atoms with E-state index in [4.69, 9.17) is 0 Å². The van der Waals surface area contributed by atoms with Crippen molar-refractivity contribution in [2.75, 3.05) is 25.0 Å². The topological polar surface area (TPSA) is 52.6 Å². The second-order valence-corrected chi connectivity index (χ2v) is 7.60. The molecule has 1 aromatic heterocycles. The van der Waals surface area contributed by atoms with Crippen molar-refractivity contribution in [2.45, 2.75) is 32.9 Å². The molecule has 2 N–H and O–H groups in total. The van der Waals surface area contributed by atoms with Crippen LogP contribution >= 0.6 is 11.3 Å². The molecule has 0 saturated carbocycles. The van der Waals surface area contributed by atoms with Crippen molar-refractivity contribution in [2.24, 2.45) is 4.99 Å². The van der Waals surface area contributed by atoms with Crippen LogP contribution in [0.15, 0.2) is 23.2 Å². The number of nitrogens with zero attached hydrogens (tertiary/aromatic N) is 3. The zero-order chi connectivity index (χ0) is 18.7. The van der Waals surface area contributed by atoms with Crippen LogP contribution in [0.5, 0.6) is 0 Å². The van der Waals surface area contributed by atoms with E-state index in [-0.39, 0.29) is 11.7 Å². The quantitative estimate of drug-likeness (QED) is 0.633. The normalized spacial score (nSPS) is 17.7. The van der Waals surface area contributed by atoms with Gasteiger partial charge < -0.3 is 15.5 Å². The van der Waals surface area contributed by atoms with Gasteiger partial charge in [-0.3, -0.25) is 4.99 Å². The summed E-state index contributed by atoms with van der Waals surface area (Å²) in [5, 5.41) is 7.67. The second kappa shape index (κ2) is 7.99. The molecule has 1 fully saturated rings. The van der Waals surface area contributed by atoms with E-state index >= 15 is 0 Å². The molecule has 3 rings (SSSR count). The lowest BCUT2D eigenvalue weighted by Gasteiger charge is -2.21. The lowest BCUT2D eigenvalue weighted by Crippen LogP contribution is -2.44. The molecule has 140 valence electrons. The molecule has 8 heteroatoms. The Morgan fingerprint density at radius 2 is 2.08 bits per heavy atom. The average Bonchev–Trinajstić information content (AvgIpc) is 3.17. The van der Waals surface area contributed by atoms with Crippen molar-refractivity contribution in [3.05, 3.63) is 45.4 Å². The predicted molar refractivity (Wildman–Crippen MR) is 102 cm³/mol. The van der Waals surface area contributed by atoms with Gasteiger partial charge >= 0.3 is 0 Å². The summed E-state index contributed by atoms with van der Waals surface area (Å²) in [5.41, 5.74) is 1.08. The Kier molecular flexibility index (Phi) is 5.70. The van der Waals surface area contributed by atoms with E-state index in [2.05, 4.69) is 20.6 Å². The van der Waals surface area contributed by atoms with Crippen LogP contribution in [0.3, 0.4) is 0 Å². The van der Waals surface area contributed by atoms with Crippen LogP contribution in [0.4, 0.5) is 14.5 Å². The maximum atomic E-state index is 14.0. The van der Waals surface area contributed by atoms with Gasteiger partial charge in [0, 0.05) is 31.1 Å².